The number of carboxylic acids is 1. The topological polar surface area (TPSA) is 122 Å². The van der Waals surface area contributed by atoms with Crippen molar-refractivity contribution in [3.63, 3.8) is 0 Å². The molecule has 2 atom stereocenters. The Morgan fingerprint density at radius 3 is 2.53 bits per heavy atom. The van der Waals surface area contributed by atoms with Crippen LogP contribution in [0.3, 0.4) is 0 Å². The minimum atomic E-state index is -1.47. The lowest BCUT2D eigenvalue weighted by Gasteiger charge is -2.22. The second-order valence-corrected chi connectivity index (χ2v) is 4.14. The van der Waals surface area contributed by atoms with Crippen LogP contribution in [0.5, 0.6) is 0 Å². The molecule has 0 fully saturated rings. The van der Waals surface area contributed by atoms with Gasteiger partial charge in [0, 0.05) is 20.2 Å². The van der Waals surface area contributed by atoms with Crippen LogP contribution in [0.15, 0.2) is 0 Å². The van der Waals surface area contributed by atoms with Gasteiger partial charge in [0.25, 0.3) is 0 Å². The van der Waals surface area contributed by atoms with Crippen LogP contribution < -0.4 is 11.1 Å². The van der Waals surface area contributed by atoms with Gasteiger partial charge in [0.05, 0.1) is 24.5 Å². The van der Waals surface area contributed by atoms with Gasteiger partial charge in [0.2, 0.25) is 5.91 Å². The van der Waals surface area contributed by atoms with Crippen LogP contribution in [0.4, 0.5) is 0 Å². The first kappa shape index (κ1) is 15.8. The number of methoxy groups -OCH3 is 1. The normalized spacial score (nSPS) is 16.0. The van der Waals surface area contributed by atoms with Crippen molar-refractivity contribution in [1.82, 2.24) is 5.32 Å². The molecule has 0 aromatic heterocycles. The molecule has 7 nitrogen and oxygen atoms in total. The molecule has 0 aromatic carbocycles. The molecule has 1 amide bonds. The number of ether oxygens (including phenoxy) is 1. The van der Waals surface area contributed by atoms with Crippen LogP contribution >= 0.6 is 0 Å². The maximum Gasteiger partial charge on any atom is 0.306 e. The van der Waals surface area contributed by atoms with Crippen molar-refractivity contribution in [3.8, 4) is 0 Å². The minimum absolute atomic E-state index is 0.0795. The number of nitrogens with one attached hydrogen (secondary N) is 1. The van der Waals surface area contributed by atoms with Gasteiger partial charge in [-0.3, -0.25) is 9.59 Å². The Kier molecular flexibility index (Phi) is 6.71. The van der Waals surface area contributed by atoms with E-state index in [4.69, 9.17) is 15.6 Å². The summed E-state index contributed by atoms with van der Waals surface area (Å²) in [4.78, 5) is 21.8. The lowest BCUT2D eigenvalue weighted by atomic mass is 10.0. The third kappa shape index (κ3) is 7.67. The third-order valence-electron chi connectivity index (χ3n) is 2.21. The summed E-state index contributed by atoms with van der Waals surface area (Å²) in [5.41, 5.74) is 3.88. The number of carbonyl (C=O) groups excluding carboxylic acids is 1. The highest BCUT2D eigenvalue weighted by Gasteiger charge is 2.25. The Bertz CT molecular complexity index is 263. The van der Waals surface area contributed by atoms with E-state index in [-0.39, 0.29) is 31.5 Å². The van der Waals surface area contributed by atoms with Gasteiger partial charge >= 0.3 is 5.97 Å². The lowest BCUT2D eigenvalue weighted by molar-refractivity contribution is -0.142. The third-order valence-corrected chi connectivity index (χ3v) is 2.21. The first-order chi connectivity index (χ1) is 7.80. The van der Waals surface area contributed by atoms with Crippen molar-refractivity contribution in [2.45, 2.75) is 31.5 Å². The zero-order valence-electron chi connectivity index (χ0n) is 10.1. The molecule has 0 aliphatic carbocycles. The van der Waals surface area contributed by atoms with Crippen LogP contribution in [-0.4, -0.2) is 54.0 Å². The predicted molar refractivity (Wildman–Crippen MR) is 60.4 cm³/mol. The van der Waals surface area contributed by atoms with Gasteiger partial charge in [-0.25, -0.2) is 0 Å². The second-order valence-electron chi connectivity index (χ2n) is 4.14. The number of aliphatic hydroxyl groups is 1. The van der Waals surface area contributed by atoms with Gasteiger partial charge in [0.15, 0.2) is 0 Å². The molecule has 0 bridgehead atoms. The summed E-state index contributed by atoms with van der Waals surface area (Å²) in [6.07, 6.45) is -0.729. The van der Waals surface area contributed by atoms with Gasteiger partial charge in [-0.2, -0.15) is 0 Å². The largest absolute Gasteiger partial charge is 0.481 e. The number of aliphatic carboxylic acids is 1. The van der Waals surface area contributed by atoms with Crippen LogP contribution in [0, 0.1) is 0 Å². The van der Waals surface area contributed by atoms with E-state index in [2.05, 4.69) is 5.32 Å². The number of rotatable bonds is 8. The van der Waals surface area contributed by atoms with E-state index in [1.54, 1.807) is 0 Å². The van der Waals surface area contributed by atoms with E-state index >= 15 is 0 Å². The molecule has 0 aromatic rings. The molecule has 2 unspecified atom stereocenters. The average molecular weight is 248 g/mol. The molecule has 7 heteroatoms. The van der Waals surface area contributed by atoms with Gasteiger partial charge in [-0.05, 0) is 6.92 Å². The molecule has 0 heterocycles. The fraction of sp³-hybridized carbons (Fsp3) is 0.800. The Morgan fingerprint density at radius 2 is 2.12 bits per heavy atom. The maximum absolute atomic E-state index is 11.4. The molecule has 0 saturated heterocycles. The highest BCUT2D eigenvalue weighted by molar-refractivity contribution is 5.76. The SMILES string of the molecule is COC(CN)CC(=O)NCC(C)(O)CC(=O)O. The smallest absolute Gasteiger partial charge is 0.306 e. The molecule has 0 saturated carbocycles. The number of amides is 1. The minimum Gasteiger partial charge on any atom is -0.481 e. The average Bonchev–Trinajstić information content (AvgIpc) is 2.21. The van der Waals surface area contributed by atoms with E-state index in [0.717, 1.165) is 0 Å². The summed E-state index contributed by atoms with van der Waals surface area (Å²) >= 11 is 0. The Morgan fingerprint density at radius 1 is 1.53 bits per heavy atom. The van der Waals surface area contributed by atoms with E-state index in [9.17, 15) is 14.7 Å². The van der Waals surface area contributed by atoms with Crippen LogP contribution in [0.2, 0.25) is 0 Å². The fourth-order valence-corrected chi connectivity index (χ4v) is 1.22. The summed E-state index contributed by atoms with van der Waals surface area (Å²) < 4.78 is 4.92. The van der Waals surface area contributed by atoms with Crippen LogP contribution in [0.25, 0.3) is 0 Å². The molecular weight excluding hydrogens is 228 g/mol. The van der Waals surface area contributed by atoms with Crippen molar-refractivity contribution in [2.75, 3.05) is 20.2 Å². The summed E-state index contributed by atoms with van der Waals surface area (Å²) in [6, 6.07) is 0. The summed E-state index contributed by atoms with van der Waals surface area (Å²) in [7, 11) is 1.45. The number of hydrogen-bond donors (Lipinski definition) is 4. The van der Waals surface area contributed by atoms with E-state index < -0.39 is 18.0 Å². The summed E-state index contributed by atoms with van der Waals surface area (Å²) in [5.74, 6) is -1.46. The molecule has 100 valence electrons. The summed E-state index contributed by atoms with van der Waals surface area (Å²) in [6.45, 7) is 1.44. The predicted octanol–water partition coefficient (Wildman–Crippen LogP) is -1.31. The summed E-state index contributed by atoms with van der Waals surface area (Å²) in [5, 5.41) is 20.6. The highest BCUT2D eigenvalue weighted by Crippen LogP contribution is 2.07. The van der Waals surface area contributed by atoms with Crippen molar-refractivity contribution >= 4 is 11.9 Å². The van der Waals surface area contributed by atoms with Crippen molar-refractivity contribution < 1.29 is 24.5 Å². The number of carbonyl (C=O) groups is 2. The number of hydrogen-bond acceptors (Lipinski definition) is 5. The molecular formula is C10H20N2O5. The maximum atomic E-state index is 11.4. The van der Waals surface area contributed by atoms with E-state index in [1.165, 1.54) is 14.0 Å². The first-order valence-electron chi connectivity index (χ1n) is 5.24. The fourth-order valence-electron chi connectivity index (χ4n) is 1.22. The van der Waals surface area contributed by atoms with Gasteiger partial charge in [-0.15, -0.1) is 0 Å². The highest BCUT2D eigenvalue weighted by atomic mass is 16.5. The van der Waals surface area contributed by atoms with Crippen molar-refractivity contribution in [2.24, 2.45) is 5.73 Å². The Hall–Kier alpha value is -1.18. The van der Waals surface area contributed by atoms with Crippen LogP contribution in [-0.2, 0) is 14.3 Å². The Labute approximate surface area is 99.9 Å². The van der Waals surface area contributed by atoms with E-state index in [0.29, 0.717) is 0 Å². The van der Waals surface area contributed by atoms with Crippen molar-refractivity contribution in [3.05, 3.63) is 0 Å². The quantitative estimate of drug-likeness (QED) is 0.423. The molecule has 0 rings (SSSR count). The number of carboxylic acid groups (broad SMARTS) is 1. The molecule has 0 aliphatic heterocycles. The Balaban J connectivity index is 4.02. The standard InChI is InChI=1S/C10H20N2O5/c1-10(16,4-9(14)15)6-12-8(13)3-7(5-11)17-2/h7,16H,3-6,11H2,1-2H3,(H,12,13)(H,14,15). The molecule has 17 heavy (non-hydrogen) atoms. The zero-order valence-corrected chi connectivity index (χ0v) is 10.1. The van der Waals surface area contributed by atoms with Gasteiger partial charge in [0.1, 0.15) is 0 Å². The molecule has 5 N–H and O–H groups in total. The molecule has 0 aliphatic rings. The van der Waals surface area contributed by atoms with E-state index in [1.807, 2.05) is 0 Å². The molecule has 0 spiro atoms. The molecule has 0 radical (unpaired) electrons. The van der Waals surface area contributed by atoms with Gasteiger partial charge in [-0.1, -0.05) is 0 Å². The second kappa shape index (κ2) is 7.21. The zero-order chi connectivity index (χ0) is 13.5. The van der Waals surface area contributed by atoms with Crippen molar-refractivity contribution in [1.29, 1.82) is 0 Å². The first-order valence-corrected chi connectivity index (χ1v) is 5.24. The van der Waals surface area contributed by atoms with Crippen LogP contribution in [0.1, 0.15) is 19.8 Å². The monoisotopic (exact) mass is 248 g/mol. The lowest BCUT2D eigenvalue weighted by Crippen LogP contribution is -2.43. The van der Waals surface area contributed by atoms with Gasteiger partial charge < -0.3 is 26.0 Å². The number of nitrogens with two attached hydrogens (primary N) is 1.